The van der Waals surface area contributed by atoms with E-state index in [4.69, 9.17) is 9.47 Å². The van der Waals surface area contributed by atoms with Crippen LogP contribution in [0, 0.1) is 6.92 Å². The SMILES string of the molecule is COc1ccc(OC)c(CN[C@H](c2ccccc2)c2n[nH]c(C)n2)c1. The summed E-state index contributed by atoms with van der Waals surface area (Å²) >= 11 is 0. The highest BCUT2D eigenvalue weighted by Crippen LogP contribution is 2.26. The standard InChI is InChI=1S/C19H22N4O2/c1-13-21-19(23-22-13)18(14-7-5-4-6-8-14)20-12-15-11-16(24-2)9-10-17(15)25-3/h4-11,18,20H,12H2,1-3H3,(H,21,22,23)/t18-/m1/s1. The largest absolute Gasteiger partial charge is 0.497 e. The van der Waals surface area contributed by atoms with Crippen molar-refractivity contribution in [2.45, 2.75) is 19.5 Å². The average molecular weight is 338 g/mol. The summed E-state index contributed by atoms with van der Waals surface area (Å²) in [4.78, 5) is 4.49. The third-order valence-electron chi connectivity index (χ3n) is 3.99. The van der Waals surface area contributed by atoms with Crippen molar-refractivity contribution in [3.63, 3.8) is 0 Å². The fourth-order valence-corrected chi connectivity index (χ4v) is 2.72. The fourth-order valence-electron chi connectivity index (χ4n) is 2.72. The number of ether oxygens (including phenoxy) is 2. The Balaban J connectivity index is 1.87. The number of aryl methyl sites for hydroxylation is 1. The first-order valence-corrected chi connectivity index (χ1v) is 8.09. The molecular weight excluding hydrogens is 316 g/mol. The van der Waals surface area contributed by atoms with Crippen LogP contribution < -0.4 is 14.8 Å². The molecular formula is C19H22N4O2. The number of H-pyrrole nitrogens is 1. The van der Waals surface area contributed by atoms with Crippen molar-refractivity contribution in [1.82, 2.24) is 20.5 Å². The van der Waals surface area contributed by atoms with E-state index in [0.717, 1.165) is 28.5 Å². The van der Waals surface area contributed by atoms with Gasteiger partial charge in [0.1, 0.15) is 17.3 Å². The van der Waals surface area contributed by atoms with Crippen LogP contribution in [0.15, 0.2) is 48.5 Å². The Labute approximate surface area is 147 Å². The van der Waals surface area contributed by atoms with Gasteiger partial charge in [0.05, 0.1) is 20.3 Å². The minimum Gasteiger partial charge on any atom is -0.497 e. The quantitative estimate of drug-likeness (QED) is 0.693. The van der Waals surface area contributed by atoms with Crippen molar-refractivity contribution in [1.29, 1.82) is 0 Å². The molecule has 0 saturated carbocycles. The molecule has 0 bridgehead atoms. The highest BCUT2D eigenvalue weighted by Gasteiger charge is 2.18. The summed E-state index contributed by atoms with van der Waals surface area (Å²) in [6.45, 7) is 2.48. The zero-order chi connectivity index (χ0) is 17.6. The lowest BCUT2D eigenvalue weighted by atomic mass is 10.1. The Hall–Kier alpha value is -2.86. The van der Waals surface area contributed by atoms with Gasteiger partial charge in [-0.3, -0.25) is 10.4 Å². The minimum absolute atomic E-state index is 0.123. The van der Waals surface area contributed by atoms with Gasteiger partial charge < -0.3 is 9.47 Å². The molecule has 3 aromatic rings. The first kappa shape index (κ1) is 17.0. The van der Waals surface area contributed by atoms with Crippen molar-refractivity contribution in [3.8, 4) is 11.5 Å². The summed E-state index contributed by atoms with van der Waals surface area (Å²) in [7, 11) is 3.32. The van der Waals surface area contributed by atoms with Crippen LogP contribution in [0.4, 0.5) is 0 Å². The monoisotopic (exact) mass is 338 g/mol. The second-order valence-corrected chi connectivity index (χ2v) is 5.68. The summed E-state index contributed by atoms with van der Waals surface area (Å²) < 4.78 is 10.8. The summed E-state index contributed by atoms with van der Waals surface area (Å²) in [6, 6.07) is 15.8. The molecule has 2 aromatic carbocycles. The first-order chi connectivity index (χ1) is 12.2. The maximum absolute atomic E-state index is 5.46. The molecule has 6 nitrogen and oxygen atoms in total. The molecule has 130 valence electrons. The summed E-state index contributed by atoms with van der Waals surface area (Å²) in [5, 5.41) is 10.8. The second-order valence-electron chi connectivity index (χ2n) is 5.68. The number of aromatic amines is 1. The lowest BCUT2D eigenvalue weighted by Crippen LogP contribution is -2.23. The van der Waals surface area contributed by atoms with Crippen LogP contribution in [-0.2, 0) is 6.54 Å². The van der Waals surface area contributed by atoms with Gasteiger partial charge in [-0.05, 0) is 30.7 Å². The molecule has 0 spiro atoms. The van der Waals surface area contributed by atoms with Gasteiger partial charge in [-0.2, -0.15) is 5.10 Å². The molecule has 0 fully saturated rings. The van der Waals surface area contributed by atoms with Gasteiger partial charge in [0.25, 0.3) is 0 Å². The van der Waals surface area contributed by atoms with Crippen LogP contribution in [-0.4, -0.2) is 29.4 Å². The molecule has 0 aliphatic rings. The van der Waals surface area contributed by atoms with Gasteiger partial charge in [-0.25, -0.2) is 4.98 Å². The minimum atomic E-state index is -0.123. The number of hydrogen-bond acceptors (Lipinski definition) is 5. The fraction of sp³-hybridized carbons (Fsp3) is 0.263. The smallest absolute Gasteiger partial charge is 0.172 e. The van der Waals surface area contributed by atoms with Crippen molar-refractivity contribution >= 4 is 0 Å². The van der Waals surface area contributed by atoms with Gasteiger partial charge >= 0.3 is 0 Å². The molecule has 0 aliphatic heterocycles. The molecule has 1 heterocycles. The number of nitrogens with one attached hydrogen (secondary N) is 2. The molecule has 0 amide bonds. The molecule has 0 unspecified atom stereocenters. The van der Waals surface area contributed by atoms with Crippen LogP contribution in [0.5, 0.6) is 11.5 Å². The zero-order valence-corrected chi connectivity index (χ0v) is 14.6. The van der Waals surface area contributed by atoms with E-state index in [-0.39, 0.29) is 6.04 Å². The van der Waals surface area contributed by atoms with E-state index in [9.17, 15) is 0 Å². The third kappa shape index (κ3) is 3.97. The van der Waals surface area contributed by atoms with Crippen molar-refractivity contribution in [3.05, 3.63) is 71.3 Å². The Morgan fingerprint density at radius 3 is 2.52 bits per heavy atom. The van der Waals surface area contributed by atoms with Crippen LogP contribution in [0.1, 0.15) is 28.8 Å². The predicted molar refractivity (Wildman–Crippen MR) is 95.8 cm³/mol. The highest BCUT2D eigenvalue weighted by molar-refractivity contribution is 5.40. The molecule has 25 heavy (non-hydrogen) atoms. The lowest BCUT2D eigenvalue weighted by Gasteiger charge is -2.18. The number of hydrogen-bond donors (Lipinski definition) is 2. The van der Waals surface area contributed by atoms with Crippen LogP contribution in [0.25, 0.3) is 0 Å². The van der Waals surface area contributed by atoms with E-state index in [1.165, 1.54) is 0 Å². The van der Waals surface area contributed by atoms with E-state index in [1.807, 2.05) is 43.3 Å². The van der Waals surface area contributed by atoms with Gasteiger partial charge in [0.2, 0.25) is 0 Å². The number of nitrogens with zero attached hydrogens (tertiary/aromatic N) is 2. The summed E-state index contributed by atoms with van der Waals surface area (Å²) in [6.07, 6.45) is 0. The Morgan fingerprint density at radius 2 is 1.88 bits per heavy atom. The van der Waals surface area contributed by atoms with Crippen molar-refractivity contribution in [2.75, 3.05) is 14.2 Å². The number of aromatic nitrogens is 3. The summed E-state index contributed by atoms with van der Waals surface area (Å²) in [5.74, 6) is 3.11. The summed E-state index contributed by atoms with van der Waals surface area (Å²) in [5.41, 5.74) is 2.11. The molecule has 0 saturated heterocycles. The molecule has 6 heteroatoms. The molecule has 0 aliphatic carbocycles. The number of rotatable bonds is 7. The second kappa shape index (κ2) is 7.81. The van der Waals surface area contributed by atoms with Gasteiger partial charge in [0, 0.05) is 12.1 Å². The van der Waals surface area contributed by atoms with Gasteiger partial charge in [-0.1, -0.05) is 30.3 Å². The topological polar surface area (TPSA) is 72.1 Å². The predicted octanol–water partition coefficient (Wildman–Crippen LogP) is 3.01. The van der Waals surface area contributed by atoms with E-state index in [1.54, 1.807) is 14.2 Å². The molecule has 3 rings (SSSR count). The normalized spacial score (nSPS) is 12.0. The van der Waals surface area contributed by atoms with E-state index >= 15 is 0 Å². The van der Waals surface area contributed by atoms with Crippen LogP contribution >= 0.6 is 0 Å². The molecule has 2 N–H and O–H groups in total. The molecule has 1 atom stereocenters. The van der Waals surface area contributed by atoms with Crippen LogP contribution in [0.3, 0.4) is 0 Å². The number of benzene rings is 2. The van der Waals surface area contributed by atoms with Gasteiger partial charge in [0.15, 0.2) is 5.82 Å². The number of methoxy groups -OCH3 is 2. The average Bonchev–Trinajstić information content (AvgIpc) is 3.08. The lowest BCUT2D eigenvalue weighted by molar-refractivity contribution is 0.396. The Morgan fingerprint density at radius 1 is 1.08 bits per heavy atom. The molecule has 1 aromatic heterocycles. The maximum atomic E-state index is 5.46. The zero-order valence-electron chi connectivity index (χ0n) is 14.6. The van der Waals surface area contributed by atoms with Crippen molar-refractivity contribution in [2.24, 2.45) is 0 Å². The van der Waals surface area contributed by atoms with E-state index in [2.05, 4.69) is 32.6 Å². The van der Waals surface area contributed by atoms with Crippen molar-refractivity contribution < 1.29 is 9.47 Å². The van der Waals surface area contributed by atoms with Gasteiger partial charge in [-0.15, -0.1) is 0 Å². The Bertz CT molecular complexity index is 817. The van der Waals surface area contributed by atoms with Crippen LogP contribution in [0.2, 0.25) is 0 Å². The third-order valence-corrected chi connectivity index (χ3v) is 3.99. The molecule has 0 radical (unpaired) electrons. The first-order valence-electron chi connectivity index (χ1n) is 8.09. The highest BCUT2D eigenvalue weighted by atomic mass is 16.5. The Kier molecular flexibility index (Phi) is 5.30. The van der Waals surface area contributed by atoms with E-state index in [0.29, 0.717) is 12.4 Å². The maximum Gasteiger partial charge on any atom is 0.172 e. The van der Waals surface area contributed by atoms with E-state index < -0.39 is 0 Å².